The number of carbonyl (C=O) groups excluding carboxylic acids is 2. The average Bonchev–Trinajstić information content (AvgIpc) is 2.75. The number of rotatable bonds is 5. The highest BCUT2D eigenvalue weighted by molar-refractivity contribution is 6.74. The first-order valence-electron chi connectivity index (χ1n) is 12.4. The van der Waals surface area contributed by atoms with Crippen LogP contribution in [-0.4, -0.2) is 43.8 Å². The molecule has 0 radical (unpaired) electrons. The van der Waals surface area contributed by atoms with Crippen molar-refractivity contribution in [3.63, 3.8) is 0 Å². The molecule has 34 heavy (non-hydrogen) atoms. The highest BCUT2D eigenvalue weighted by Crippen LogP contribution is 2.37. The van der Waals surface area contributed by atoms with Crippen LogP contribution in [0.15, 0.2) is 36.4 Å². The number of amides is 1. The van der Waals surface area contributed by atoms with Crippen molar-refractivity contribution in [3.8, 4) is 0 Å². The number of fused-ring (bicyclic) bond motifs is 1. The van der Waals surface area contributed by atoms with E-state index < -0.39 is 13.9 Å². The van der Waals surface area contributed by atoms with Gasteiger partial charge in [-0.15, -0.1) is 0 Å². The number of Topliss-reactive ketones (excluding diaryl/α,β-unsaturated/α-hetero) is 1. The molecule has 0 N–H and O–H groups in total. The van der Waals surface area contributed by atoms with Crippen molar-refractivity contribution in [1.82, 2.24) is 4.90 Å². The van der Waals surface area contributed by atoms with Gasteiger partial charge >= 0.3 is 6.09 Å². The fourth-order valence-corrected chi connectivity index (χ4v) is 4.99. The number of piperidine rings is 1. The molecule has 1 unspecified atom stereocenters. The SMILES string of the molecule is CC(C)(C)OC(=O)N1CCCC(C(=O)c2cc(CO[Si](C)(C)C(C)(C)C)c3ccccc3c2)C1. The first kappa shape index (κ1) is 26.4. The molecular weight excluding hydrogens is 442 g/mol. The summed E-state index contributed by atoms with van der Waals surface area (Å²) in [6, 6.07) is 12.2. The van der Waals surface area contributed by atoms with Gasteiger partial charge in [-0.1, -0.05) is 45.0 Å². The normalized spacial score (nSPS) is 17.6. The van der Waals surface area contributed by atoms with Crippen LogP contribution in [0.4, 0.5) is 4.79 Å². The second-order valence-corrected chi connectivity index (χ2v) is 16.8. The Labute approximate surface area is 205 Å². The van der Waals surface area contributed by atoms with E-state index in [4.69, 9.17) is 9.16 Å². The summed E-state index contributed by atoms with van der Waals surface area (Å²) in [4.78, 5) is 27.9. The molecule has 0 aromatic heterocycles. The Kier molecular flexibility index (Phi) is 7.63. The number of ether oxygens (including phenoxy) is 1. The van der Waals surface area contributed by atoms with Gasteiger partial charge in [0.15, 0.2) is 14.1 Å². The summed E-state index contributed by atoms with van der Waals surface area (Å²) < 4.78 is 12.1. The zero-order valence-corrected chi connectivity index (χ0v) is 23.2. The highest BCUT2D eigenvalue weighted by atomic mass is 28.4. The summed E-state index contributed by atoms with van der Waals surface area (Å²) >= 11 is 0. The number of carbonyl (C=O) groups is 2. The molecule has 3 rings (SSSR count). The lowest BCUT2D eigenvalue weighted by Crippen LogP contribution is -2.44. The first-order chi connectivity index (χ1) is 15.7. The van der Waals surface area contributed by atoms with Gasteiger partial charge in [0.1, 0.15) is 5.60 Å². The quantitative estimate of drug-likeness (QED) is 0.333. The van der Waals surface area contributed by atoms with E-state index in [2.05, 4.69) is 46.0 Å². The van der Waals surface area contributed by atoms with Crippen LogP contribution in [-0.2, 0) is 15.8 Å². The van der Waals surface area contributed by atoms with E-state index in [1.165, 1.54) is 0 Å². The maximum absolute atomic E-state index is 13.6. The van der Waals surface area contributed by atoms with Crippen LogP contribution in [0.1, 0.15) is 70.3 Å². The molecule has 1 amide bonds. The van der Waals surface area contributed by atoms with Gasteiger partial charge in [0.25, 0.3) is 0 Å². The number of benzene rings is 2. The van der Waals surface area contributed by atoms with E-state index in [0.717, 1.165) is 29.2 Å². The van der Waals surface area contributed by atoms with Crippen molar-refractivity contribution in [2.24, 2.45) is 5.92 Å². The molecule has 1 aliphatic heterocycles. The maximum atomic E-state index is 13.6. The van der Waals surface area contributed by atoms with Crippen molar-refractivity contribution >= 4 is 31.0 Å². The van der Waals surface area contributed by atoms with Gasteiger partial charge in [0.05, 0.1) is 6.61 Å². The Bertz CT molecular complexity index is 1050. The van der Waals surface area contributed by atoms with E-state index in [-0.39, 0.29) is 22.8 Å². The van der Waals surface area contributed by atoms with Crippen molar-refractivity contribution in [2.45, 2.75) is 84.7 Å². The predicted octanol–water partition coefficient (Wildman–Crippen LogP) is 7.19. The summed E-state index contributed by atoms with van der Waals surface area (Å²) in [7, 11) is -1.94. The Hall–Kier alpha value is -2.18. The molecule has 0 bridgehead atoms. The fourth-order valence-electron chi connectivity index (χ4n) is 4.05. The number of hydrogen-bond donors (Lipinski definition) is 0. The summed E-state index contributed by atoms with van der Waals surface area (Å²) in [5.74, 6) is -0.135. The van der Waals surface area contributed by atoms with Crippen molar-refractivity contribution in [2.75, 3.05) is 13.1 Å². The number of likely N-dealkylation sites (tertiary alicyclic amines) is 1. The van der Waals surface area contributed by atoms with Crippen LogP contribution < -0.4 is 0 Å². The lowest BCUT2D eigenvalue weighted by molar-refractivity contribution is 0.0172. The van der Waals surface area contributed by atoms with Gasteiger partial charge in [-0.05, 0) is 80.2 Å². The number of ketones is 1. The molecular formula is C28H41NO4Si. The van der Waals surface area contributed by atoms with Crippen LogP contribution >= 0.6 is 0 Å². The van der Waals surface area contributed by atoms with E-state index in [1.807, 2.05) is 45.0 Å². The monoisotopic (exact) mass is 483 g/mol. The average molecular weight is 484 g/mol. The van der Waals surface area contributed by atoms with E-state index in [0.29, 0.717) is 25.3 Å². The molecule has 6 heteroatoms. The lowest BCUT2D eigenvalue weighted by atomic mass is 9.88. The molecule has 2 aromatic carbocycles. The minimum Gasteiger partial charge on any atom is -0.444 e. The van der Waals surface area contributed by atoms with Crippen molar-refractivity contribution < 1.29 is 18.8 Å². The second kappa shape index (κ2) is 9.82. The summed E-state index contributed by atoms with van der Waals surface area (Å²) in [5.41, 5.74) is 1.19. The summed E-state index contributed by atoms with van der Waals surface area (Å²) in [6.45, 7) is 18.3. The van der Waals surface area contributed by atoms with Gasteiger partial charge in [-0.2, -0.15) is 0 Å². The minimum atomic E-state index is -1.94. The van der Waals surface area contributed by atoms with Crippen molar-refractivity contribution in [3.05, 3.63) is 47.5 Å². The predicted molar refractivity (Wildman–Crippen MR) is 141 cm³/mol. The van der Waals surface area contributed by atoms with Crippen LogP contribution in [0.3, 0.4) is 0 Å². The third-order valence-electron chi connectivity index (χ3n) is 7.07. The highest BCUT2D eigenvalue weighted by Gasteiger charge is 2.37. The Morgan fingerprint density at radius 3 is 2.38 bits per heavy atom. The molecule has 1 atom stereocenters. The maximum Gasteiger partial charge on any atom is 0.410 e. The van der Waals surface area contributed by atoms with Crippen LogP contribution in [0.5, 0.6) is 0 Å². The molecule has 1 fully saturated rings. The van der Waals surface area contributed by atoms with Gasteiger partial charge in [0, 0.05) is 24.6 Å². The van der Waals surface area contributed by atoms with E-state index in [1.54, 1.807) is 4.90 Å². The molecule has 1 saturated heterocycles. The van der Waals surface area contributed by atoms with E-state index >= 15 is 0 Å². The lowest BCUT2D eigenvalue weighted by Gasteiger charge is -2.36. The number of hydrogen-bond acceptors (Lipinski definition) is 4. The van der Waals surface area contributed by atoms with Crippen LogP contribution in [0.25, 0.3) is 10.8 Å². The molecule has 0 saturated carbocycles. The molecule has 0 spiro atoms. The molecule has 1 heterocycles. The van der Waals surface area contributed by atoms with Gasteiger partial charge in [-0.3, -0.25) is 4.79 Å². The smallest absolute Gasteiger partial charge is 0.410 e. The molecule has 0 aliphatic carbocycles. The van der Waals surface area contributed by atoms with Crippen LogP contribution in [0.2, 0.25) is 18.1 Å². The Balaban J connectivity index is 1.85. The molecule has 5 nitrogen and oxygen atoms in total. The third-order valence-corrected chi connectivity index (χ3v) is 11.5. The van der Waals surface area contributed by atoms with Gasteiger partial charge < -0.3 is 14.1 Å². The number of nitrogens with zero attached hydrogens (tertiary/aromatic N) is 1. The van der Waals surface area contributed by atoms with Gasteiger partial charge in [0.2, 0.25) is 0 Å². The van der Waals surface area contributed by atoms with Gasteiger partial charge in [-0.25, -0.2) is 4.79 Å². The Morgan fingerprint density at radius 1 is 1.06 bits per heavy atom. The molecule has 2 aromatic rings. The summed E-state index contributed by atoms with van der Waals surface area (Å²) in [5, 5.41) is 2.28. The van der Waals surface area contributed by atoms with E-state index in [9.17, 15) is 9.59 Å². The van der Waals surface area contributed by atoms with Crippen molar-refractivity contribution in [1.29, 1.82) is 0 Å². The molecule has 1 aliphatic rings. The fraction of sp³-hybridized carbons (Fsp3) is 0.571. The standard InChI is InChI=1S/C28H41NO4Si/c1-27(2,3)33-26(31)29-15-11-13-21(18-29)25(30)22-16-20-12-9-10-14-24(20)23(17-22)19-32-34(7,8)28(4,5)6/h9-10,12,14,16-17,21H,11,13,15,18-19H2,1-8H3. The zero-order valence-electron chi connectivity index (χ0n) is 22.2. The largest absolute Gasteiger partial charge is 0.444 e. The molecule has 186 valence electrons. The first-order valence-corrected chi connectivity index (χ1v) is 15.3. The second-order valence-electron chi connectivity index (χ2n) is 12.0. The topological polar surface area (TPSA) is 55.8 Å². The third kappa shape index (κ3) is 6.27. The minimum absolute atomic E-state index is 0.0904. The zero-order chi connectivity index (χ0) is 25.3. The summed E-state index contributed by atoms with van der Waals surface area (Å²) in [6.07, 6.45) is 1.23. The van der Waals surface area contributed by atoms with Crippen LogP contribution in [0, 0.1) is 5.92 Å². The Morgan fingerprint density at radius 2 is 1.74 bits per heavy atom.